The summed E-state index contributed by atoms with van der Waals surface area (Å²) in [5.41, 5.74) is 3.20. The maximum Gasteiger partial charge on any atom is 0.115 e. The van der Waals surface area contributed by atoms with Gasteiger partial charge in [-0.15, -0.1) is 11.6 Å². The first-order chi connectivity index (χ1) is 8.28. The second-order valence-corrected chi connectivity index (χ2v) is 4.12. The Balaban J connectivity index is 1.97. The second-order valence-electron chi connectivity index (χ2n) is 3.85. The highest BCUT2D eigenvalue weighted by Gasteiger charge is 1.96. The van der Waals surface area contributed by atoms with Crippen LogP contribution in [0.25, 0.3) is 0 Å². The Bertz CT molecular complexity index is 482. The summed E-state index contributed by atoms with van der Waals surface area (Å²) in [5.74, 6) is 0.828. The van der Waals surface area contributed by atoms with Crippen LogP contribution in [0, 0.1) is 0 Å². The number of halogens is 1. The van der Waals surface area contributed by atoms with E-state index in [0.717, 1.165) is 16.8 Å². The first-order valence-electron chi connectivity index (χ1n) is 5.44. The topological polar surface area (TPSA) is 32.3 Å². The van der Waals surface area contributed by atoms with Crippen LogP contribution in [-0.4, -0.2) is 5.11 Å². The van der Waals surface area contributed by atoms with E-state index in [1.807, 2.05) is 36.4 Å². The summed E-state index contributed by atoms with van der Waals surface area (Å²) in [6.07, 6.45) is 0. The minimum absolute atomic E-state index is 0.293. The number of rotatable bonds is 4. The van der Waals surface area contributed by atoms with E-state index in [0.29, 0.717) is 18.2 Å². The van der Waals surface area contributed by atoms with Crippen molar-refractivity contribution in [2.75, 3.05) is 5.32 Å². The summed E-state index contributed by atoms with van der Waals surface area (Å²) in [5, 5.41) is 12.6. The summed E-state index contributed by atoms with van der Waals surface area (Å²) in [7, 11) is 0. The van der Waals surface area contributed by atoms with Crippen molar-refractivity contribution in [3.63, 3.8) is 0 Å². The predicted octanol–water partition coefficient (Wildman–Crippen LogP) is 3.74. The Morgan fingerprint density at radius 3 is 2.41 bits per heavy atom. The molecule has 2 nitrogen and oxygen atoms in total. The third kappa shape index (κ3) is 3.40. The molecule has 0 fully saturated rings. The van der Waals surface area contributed by atoms with Crippen LogP contribution in [0.2, 0.25) is 0 Å². The fraction of sp³-hybridized carbons (Fsp3) is 0.143. The van der Waals surface area contributed by atoms with Crippen molar-refractivity contribution in [2.24, 2.45) is 0 Å². The van der Waals surface area contributed by atoms with E-state index >= 15 is 0 Å². The molecule has 0 aliphatic heterocycles. The van der Waals surface area contributed by atoms with Gasteiger partial charge in [0.15, 0.2) is 0 Å². The zero-order chi connectivity index (χ0) is 12.1. The fourth-order valence-electron chi connectivity index (χ4n) is 1.58. The molecule has 17 heavy (non-hydrogen) atoms. The van der Waals surface area contributed by atoms with Crippen LogP contribution in [0.5, 0.6) is 5.75 Å². The lowest BCUT2D eigenvalue weighted by molar-refractivity contribution is 0.474. The Morgan fingerprint density at radius 1 is 1.00 bits per heavy atom. The quantitative estimate of drug-likeness (QED) is 0.807. The molecule has 0 saturated heterocycles. The summed E-state index contributed by atoms with van der Waals surface area (Å²) in [6.45, 7) is 0.689. The highest BCUT2D eigenvalue weighted by atomic mass is 35.5. The molecule has 2 aromatic carbocycles. The number of aromatic hydroxyl groups is 1. The molecule has 0 atom stereocenters. The van der Waals surface area contributed by atoms with Gasteiger partial charge in [-0.1, -0.05) is 24.3 Å². The standard InChI is InChI=1S/C14H14ClNO/c15-9-11-4-6-13(7-5-11)16-10-12-2-1-3-14(17)8-12/h1-8,16-17H,9-10H2. The van der Waals surface area contributed by atoms with Gasteiger partial charge in [-0.25, -0.2) is 0 Å². The van der Waals surface area contributed by atoms with Gasteiger partial charge in [-0.2, -0.15) is 0 Å². The van der Waals surface area contributed by atoms with E-state index in [1.54, 1.807) is 12.1 Å². The van der Waals surface area contributed by atoms with Gasteiger partial charge in [0.25, 0.3) is 0 Å². The van der Waals surface area contributed by atoms with E-state index in [9.17, 15) is 5.11 Å². The molecule has 0 unspecified atom stereocenters. The molecule has 0 aliphatic rings. The maximum atomic E-state index is 9.34. The highest BCUT2D eigenvalue weighted by molar-refractivity contribution is 6.17. The number of hydrogen-bond acceptors (Lipinski definition) is 2. The molecular formula is C14H14ClNO. The molecular weight excluding hydrogens is 234 g/mol. The van der Waals surface area contributed by atoms with Crippen molar-refractivity contribution < 1.29 is 5.11 Å². The summed E-state index contributed by atoms with van der Waals surface area (Å²) in [4.78, 5) is 0. The number of benzene rings is 2. The first-order valence-corrected chi connectivity index (χ1v) is 5.98. The normalized spacial score (nSPS) is 10.2. The van der Waals surface area contributed by atoms with Gasteiger partial charge in [0, 0.05) is 18.1 Å². The molecule has 0 bridgehead atoms. The van der Waals surface area contributed by atoms with E-state index in [-0.39, 0.29) is 0 Å². The smallest absolute Gasteiger partial charge is 0.115 e. The summed E-state index contributed by atoms with van der Waals surface area (Å²) < 4.78 is 0. The third-order valence-corrected chi connectivity index (χ3v) is 2.82. The lowest BCUT2D eigenvalue weighted by atomic mass is 10.2. The van der Waals surface area contributed by atoms with Gasteiger partial charge in [0.1, 0.15) is 5.75 Å². The summed E-state index contributed by atoms with van der Waals surface area (Å²) in [6, 6.07) is 15.2. The molecule has 0 radical (unpaired) electrons. The number of hydrogen-bond donors (Lipinski definition) is 2. The minimum atomic E-state index is 0.293. The number of phenols is 1. The van der Waals surface area contributed by atoms with Crippen molar-refractivity contribution in [3.05, 3.63) is 59.7 Å². The summed E-state index contributed by atoms with van der Waals surface area (Å²) >= 11 is 5.72. The third-order valence-electron chi connectivity index (χ3n) is 2.52. The molecule has 2 N–H and O–H groups in total. The average molecular weight is 248 g/mol. The van der Waals surface area contributed by atoms with E-state index in [4.69, 9.17) is 11.6 Å². The van der Waals surface area contributed by atoms with Gasteiger partial charge in [0.05, 0.1) is 0 Å². The van der Waals surface area contributed by atoms with Crippen molar-refractivity contribution in [1.29, 1.82) is 0 Å². The number of anilines is 1. The molecule has 0 aliphatic carbocycles. The van der Waals surface area contributed by atoms with Gasteiger partial charge in [-0.3, -0.25) is 0 Å². The van der Waals surface area contributed by atoms with Crippen LogP contribution >= 0.6 is 11.6 Å². The first kappa shape index (κ1) is 11.8. The molecule has 0 aromatic heterocycles. The maximum absolute atomic E-state index is 9.34. The molecule has 2 aromatic rings. The van der Waals surface area contributed by atoms with Crippen molar-refractivity contribution in [2.45, 2.75) is 12.4 Å². The molecule has 0 heterocycles. The Kier molecular flexibility index (Phi) is 3.89. The van der Waals surface area contributed by atoms with Crippen molar-refractivity contribution in [3.8, 4) is 5.75 Å². The molecule has 2 rings (SSSR count). The predicted molar refractivity (Wildman–Crippen MR) is 71.4 cm³/mol. The zero-order valence-corrected chi connectivity index (χ0v) is 10.1. The van der Waals surface area contributed by atoms with Crippen LogP contribution in [-0.2, 0) is 12.4 Å². The van der Waals surface area contributed by atoms with Crippen LogP contribution in [0.3, 0.4) is 0 Å². The molecule has 88 valence electrons. The van der Waals surface area contributed by atoms with Crippen LogP contribution in [0.4, 0.5) is 5.69 Å². The van der Waals surface area contributed by atoms with Crippen molar-refractivity contribution in [1.82, 2.24) is 0 Å². The van der Waals surface area contributed by atoms with Gasteiger partial charge in [-0.05, 0) is 35.4 Å². The van der Waals surface area contributed by atoms with Crippen LogP contribution < -0.4 is 5.32 Å². The number of nitrogens with one attached hydrogen (secondary N) is 1. The average Bonchev–Trinajstić information content (AvgIpc) is 2.37. The lowest BCUT2D eigenvalue weighted by Gasteiger charge is -2.07. The zero-order valence-electron chi connectivity index (χ0n) is 9.36. The highest BCUT2D eigenvalue weighted by Crippen LogP contribution is 2.15. The Morgan fingerprint density at radius 2 is 1.76 bits per heavy atom. The van der Waals surface area contributed by atoms with Crippen LogP contribution in [0.15, 0.2) is 48.5 Å². The molecule has 0 amide bonds. The van der Waals surface area contributed by atoms with Gasteiger partial charge in [0.2, 0.25) is 0 Å². The van der Waals surface area contributed by atoms with E-state index < -0.39 is 0 Å². The molecule has 0 saturated carbocycles. The number of alkyl halides is 1. The van der Waals surface area contributed by atoms with Gasteiger partial charge >= 0.3 is 0 Å². The second kappa shape index (κ2) is 5.60. The lowest BCUT2D eigenvalue weighted by Crippen LogP contribution is -1.98. The molecule has 0 spiro atoms. The minimum Gasteiger partial charge on any atom is -0.508 e. The Labute approximate surface area is 106 Å². The monoisotopic (exact) mass is 247 g/mol. The van der Waals surface area contributed by atoms with E-state index in [2.05, 4.69) is 5.32 Å². The van der Waals surface area contributed by atoms with Gasteiger partial charge < -0.3 is 10.4 Å². The van der Waals surface area contributed by atoms with E-state index in [1.165, 1.54) is 0 Å². The molecule has 3 heteroatoms. The SMILES string of the molecule is Oc1cccc(CNc2ccc(CCl)cc2)c1. The Hall–Kier alpha value is -1.67. The van der Waals surface area contributed by atoms with Crippen LogP contribution in [0.1, 0.15) is 11.1 Å². The largest absolute Gasteiger partial charge is 0.508 e. The van der Waals surface area contributed by atoms with Crippen molar-refractivity contribution >= 4 is 17.3 Å². The number of phenolic OH excluding ortho intramolecular Hbond substituents is 1. The fourth-order valence-corrected chi connectivity index (χ4v) is 1.76.